The summed E-state index contributed by atoms with van der Waals surface area (Å²) < 4.78 is 0. The molecular weight excluding hydrogens is 364 g/mol. The van der Waals surface area contributed by atoms with E-state index in [0.29, 0.717) is 16.1 Å². The maximum atomic E-state index is 12.7. The molecular formula is C21H15ClN2O3. The molecule has 0 radical (unpaired) electrons. The second-order valence-corrected chi connectivity index (χ2v) is 6.09. The molecule has 0 heterocycles. The number of rotatable bonds is 4. The average Bonchev–Trinajstić information content (AvgIpc) is 2.72. The largest absolute Gasteiger partial charge is 0.289 e. The van der Waals surface area contributed by atoms with Crippen LogP contribution in [0.3, 0.4) is 0 Å². The molecule has 0 bridgehead atoms. The van der Waals surface area contributed by atoms with E-state index in [0.717, 1.165) is 0 Å². The summed E-state index contributed by atoms with van der Waals surface area (Å²) in [6, 6.07) is 21.3. The van der Waals surface area contributed by atoms with Gasteiger partial charge in [0.05, 0.1) is 5.56 Å². The van der Waals surface area contributed by atoms with E-state index < -0.39 is 11.8 Å². The fourth-order valence-electron chi connectivity index (χ4n) is 2.48. The van der Waals surface area contributed by atoms with E-state index in [4.69, 9.17) is 11.6 Å². The van der Waals surface area contributed by atoms with Crippen LogP contribution < -0.4 is 10.9 Å². The van der Waals surface area contributed by atoms with Crippen LogP contribution in [0.5, 0.6) is 0 Å². The van der Waals surface area contributed by atoms with Crippen molar-refractivity contribution in [3.8, 4) is 0 Å². The molecule has 3 aromatic carbocycles. The Morgan fingerprint density at radius 2 is 1.15 bits per heavy atom. The van der Waals surface area contributed by atoms with E-state index in [1.807, 2.05) is 6.07 Å². The Balaban J connectivity index is 1.75. The SMILES string of the molecule is O=C(NNC(=O)c1ccccc1C(=O)c1ccccc1)c1ccc(Cl)cc1. The number of carbonyl (C=O) groups is 3. The minimum Gasteiger partial charge on any atom is -0.289 e. The Morgan fingerprint density at radius 3 is 1.81 bits per heavy atom. The molecule has 0 fully saturated rings. The lowest BCUT2D eigenvalue weighted by Crippen LogP contribution is -2.42. The van der Waals surface area contributed by atoms with Crippen molar-refractivity contribution >= 4 is 29.2 Å². The van der Waals surface area contributed by atoms with Gasteiger partial charge in [-0.25, -0.2) is 0 Å². The fourth-order valence-corrected chi connectivity index (χ4v) is 2.60. The second-order valence-electron chi connectivity index (χ2n) is 5.66. The highest BCUT2D eigenvalue weighted by molar-refractivity contribution is 6.30. The number of ketones is 1. The third kappa shape index (κ3) is 4.40. The summed E-state index contributed by atoms with van der Waals surface area (Å²) >= 11 is 5.79. The van der Waals surface area contributed by atoms with E-state index in [1.54, 1.807) is 54.6 Å². The maximum Gasteiger partial charge on any atom is 0.270 e. The van der Waals surface area contributed by atoms with Crippen LogP contribution in [-0.4, -0.2) is 17.6 Å². The zero-order valence-electron chi connectivity index (χ0n) is 14.1. The molecule has 3 aromatic rings. The van der Waals surface area contributed by atoms with Gasteiger partial charge in [0, 0.05) is 21.7 Å². The Morgan fingerprint density at radius 1 is 0.593 bits per heavy atom. The lowest BCUT2D eigenvalue weighted by molar-refractivity contribution is 0.0845. The molecule has 5 nitrogen and oxygen atoms in total. The van der Waals surface area contributed by atoms with Crippen molar-refractivity contribution in [3.05, 3.63) is 106 Å². The highest BCUT2D eigenvalue weighted by atomic mass is 35.5. The van der Waals surface area contributed by atoms with Crippen LogP contribution in [0.25, 0.3) is 0 Å². The molecule has 0 saturated carbocycles. The quantitative estimate of drug-likeness (QED) is 0.537. The van der Waals surface area contributed by atoms with Gasteiger partial charge in [-0.15, -0.1) is 0 Å². The van der Waals surface area contributed by atoms with Gasteiger partial charge in [-0.2, -0.15) is 0 Å². The van der Waals surface area contributed by atoms with Gasteiger partial charge in [-0.1, -0.05) is 60.1 Å². The normalized spacial score (nSPS) is 10.1. The van der Waals surface area contributed by atoms with Crippen molar-refractivity contribution in [2.75, 3.05) is 0 Å². The first-order valence-electron chi connectivity index (χ1n) is 8.11. The third-order valence-electron chi connectivity index (χ3n) is 3.85. The number of hydrazine groups is 1. The highest BCUT2D eigenvalue weighted by Crippen LogP contribution is 2.15. The Labute approximate surface area is 160 Å². The Bertz CT molecular complexity index is 986. The number of halogens is 1. The maximum absolute atomic E-state index is 12.7. The van der Waals surface area contributed by atoms with Crippen molar-refractivity contribution in [2.24, 2.45) is 0 Å². The molecule has 3 rings (SSSR count). The zero-order valence-corrected chi connectivity index (χ0v) is 14.9. The minimum absolute atomic E-state index is 0.169. The summed E-state index contributed by atoms with van der Waals surface area (Å²) in [7, 11) is 0. The number of carbonyl (C=O) groups excluding carboxylic acids is 3. The lowest BCUT2D eigenvalue weighted by Gasteiger charge is -2.11. The van der Waals surface area contributed by atoms with Gasteiger partial charge in [-0.05, 0) is 30.3 Å². The van der Waals surface area contributed by atoms with Crippen LogP contribution in [-0.2, 0) is 0 Å². The summed E-state index contributed by atoms with van der Waals surface area (Å²) in [6.07, 6.45) is 0. The molecule has 134 valence electrons. The summed E-state index contributed by atoms with van der Waals surface area (Å²) in [5.74, 6) is -1.35. The second kappa shape index (κ2) is 8.29. The fraction of sp³-hybridized carbons (Fsp3) is 0. The number of benzene rings is 3. The predicted octanol–water partition coefficient (Wildman–Crippen LogP) is 3.65. The van der Waals surface area contributed by atoms with E-state index >= 15 is 0 Å². The van der Waals surface area contributed by atoms with Gasteiger partial charge in [-0.3, -0.25) is 25.2 Å². The number of amides is 2. The van der Waals surface area contributed by atoms with Crippen LogP contribution in [0.2, 0.25) is 5.02 Å². The molecule has 0 saturated heterocycles. The highest BCUT2D eigenvalue weighted by Gasteiger charge is 2.18. The first-order valence-corrected chi connectivity index (χ1v) is 8.49. The first-order chi connectivity index (χ1) is 13.1. The molecule has 6 heteroatoms. The van der Waals surface area contributed by atoms with Crippen molar-refractivity contribution in [1.82, 2.24) is 10.9 Å². The van der Waals surface area contributed by atoms with Crippen molar-refractivity contribution in [3.63, 3.8) is 0 Å². The Kier molecular flexibility index (Phi) is 5.64. The van der Waals surface area contributed by atoms with Gasteiger partial charge in [0.25, 0.3) is 11.8 Å². The number of hydrogen-bond acceptors (Lipinski definition) is 3. The smallest absolute Gasteiger partial charge is 0.270 e. The molecule has 27 heavy (non-hydrogen) atoms. The van der Waals surface area contributed by atoms with Gasteiger partial charge >= 0.3 is 0 Å². The standard InChI is InChI=1S/C21H15ClN2O3/c22-16-12-10-15(11-13-16)20(26)23-24-21(27)18-9-5-4-8-17(18)19(25)14-6-2-1-3-7-14/h1-13H,(H,23,26)(H,24,27). The van der Waals surface area contributed by atoms with E-state index in [9.17, 15) is 14.4 Å². The topological polar surface area (TPSA) is 75.3 Å². The van der Waals surface area contributed by atoms with Crippen LogP contribution in [0.4, 0.5) is 0 Å². The molecule has 0 aromatic heterocycles. The lowest BCUT2D eigenvalue weighted by atomic mass is 9.98. The van der Waals surface area contributed by atoms with Crippen molar-refractivity contribution < 1.29 is 14.4 Å². The predicted molar refractivity (Wildman–Crippen MR) is 103 cm³/mol. The first kappa shape index (κ1) is 18.4. The summed E-state index contributed by atoms with van der Waals surface area (Å²) in [5, 5.41) is 0.504. The zero-order chi connectivity index (χ0) is 19.2. The molecule has 0 spiro atoms. The van der Waals surface area contributed by atoms with Crippen LogP contribution in [0.15, 0.2) is 78.9 Å². The summed E-state index contributed by atoms with van der Waals surface area (Å²) in [5.41, 5.74) is 5.90. The van der Waals surface area contributed by atoms with Gasteiger partial charge in [0.2, 0.25) is 0 Å². The van der Waals surface area contributed by atoms with Crippen molar-refractivity contribution in [2.45, 2.75) is 0 Å². The average molecular weight is 379 g/mol. The molecule has 0 unspecified atom stereocenters. The van der Waals surface area contributed by atoms with Crippen LogP contribution in [0.1, 0.15) is 36.6 Å². The monoisotopic (exact) mass is 378 g/mol. The van der Waals surface area contributed by atoms with Gasteiger partial charge in [0.15, 0.2) is 5.78 Å². The number of hydrogen-bond donors (Lipinski definition) is 2. The van der Waals surface area contributed by atoms with E-state index in [-0.39, 0.29) is 16.9 Å². The van der Waals surface area contributed by atoms with Gasteiger partial charge in [0.1, 0.15) is 0 Å². The Hall–Kier alpha value is -3.44. The van der Waals surface area contributed by atoms with Gasteiger partial charge < -0.3 is 0 Å². The van der Waals surface area contributed by atoms with E-state index in [2.05, 4.69) is 10.9 Å². The molecule has 0 aliphatic heterocycles. The third-order valence-corrected chi connectivity index (χ3v) is 4.10. The summed E-state index contributed by atoms with van der Waals surface area (Å²) in [6.45, 7) is 0. The molecule has 0 atom stereocenters. The number of nitrogens with one attached hydrogen (secondary N) is 2. The molecule has 0 aliphatic carbocycles. The molecule has 2 amide bonds. The van der Waals surface area contributed by atoms with Crippen LogP contribution in [0, 0.1) is 0 Å². The molecule has 0 aliphatic rings. The summed E-state index contributed by atoms with van der Waals surface area (Å²) in [4.78, 5) is 37.3. The van der Waals surface area contributed by atoms with Crippen molar-refractivity contribution in [1.29, 1.82) is 0 Å². The minimum atomic E-state index is -0.586. The molecule has 2 N–H and O–H groups in total. The van der Waals surface area contributed by atoms with E-state index in [1.165, 1.54) is 18.2 Å². The van der Waals surface area contributed by atoms with Crippen LogP contribution >= 0.6 is 11.6 Å².